The maximum absolute atomic E-state index is 11.0. The summed E-state index contributed by atoms with van der Waals surface area (Å²) in [6.07, 6.45) is 2.62. The van der Waals surface area contributed by atoms with E-state index >= 15 is 0 Å². The summed E-state index contributed by atoms with van der Waals surface area (Å²) in [4.78, 5) is 13.3. The van der Waals surface area contributed by atoms with E-state index < -0.39 is 9.84 Å². The highest BCUT2D eigenvalue weighted by atomic mass is 32.2. The van der Waals surface area contributed by atoms with Crippen molar-refractivity contribution in [2.24, 2.45) is 4.99 Å². The zero-order valence-corrected chi connectivity index (χ0v) is 9.12. The van der Waals surface area contributed by atoms with Gasteiger partial charge in [-0.15, -0.1) is 0 Å². The number of carbonyl (C=O) groups excluding carboxylic acids is 1. The van der Waals surface area contributed by atoms with Crippen molar-refractivity contribution in [1.82, 2.24) is 0 Å². The van der Waals surface area contributed by atoms with E-state index in [1.165, 1.54) is 12.3 Å². The van der Waals surface area contributed by atoms with Crippen LogP contribution in [0.1, 0.15) is 11.1 Å². The Bertz CT molecular complexity index is 487. The minimum absolute atomic E-state index is 0.00560. The number of aliphatic imine (C=N–C) groups is 1. The molecule has 80 valence electrons. The van der Waals surface area contributed by atoms with E-state index in [2.05, 4.69) is 4.99 Å². The highest BCUT2D eigenvalue weighted by molar-refractivity contribution is 7.89. The minimum Gasteiger partial charge on any atom is -0.229 e. The van der Waals surface area contributed by atoms with Crippen LogP contribution in [0.3, 0.4) is 0 Å². The third-order valence-corrected chi connectivity index (χ3v) is 2.60. The molecule has 0 aliphatic carbocycles. The van der Waals surface area contributed by atoms with Crippen LogP contribution >= 0.6 is 0 Å². The van der Waals surface area contributed by atoms with Gasteiger partial charge in [-0.3, -0.25) is 0 Å². The third-order valence-electron chi connectivity index (χ3n) is 1.75. The fraction of sp³-hybridized carbons (Fsp3) is 0.300. The fourth-order valence-corrected chi connectivity index (χ4v) is 2.03. The summed E-state index contributed by atoms with van der Waals surface area (Å²) in [5, 5.41) is 0. The summed E-state index contributed by atoms with van der Waals surface area (Å²) in [5.74, 6) is 0.00560. The first kappa shape index (κ1) is 11.6. The van der Waals surface area contributed by atoms with Gasteiger partial charge in [0.25, 0.3) is 0 Å². The summed E-state index contributed by atoms with van der Waals surface area (Å²) in [6.45, 7) is 0.237. The van der Waals surface area contributed by atoms with Crippen LogP contribution in [0, 0.1) is 0 Å². The molecule has 0 unspecified atom stereocenters. The molecular weight excluding hydrogens is 214 g/mol. The molecule has 0 aromatic heterocycles. The van der Waals surface area contributed by atoms with Gasteiger partial charge in [0.05, 0.1) is 12.3 Å². The molecule has 1 aromatic rings. The van der Waals surface area contributed by atoms with Crippen molar-refractivity contribution in [1.29, 1.82) is 0 Å². The molecule has 0 atom stereocenters. The molecular formula is C10H11NO3S. The van der Waals surface area contributed by atoms with Crippen molar-refractivity contribution < 1.29 is 13.2 Å². The zero-order chi connectivity index (χ0) is 11.3. The second-order valence-corrected chi connectivity index (χ2v) is 5.44. The van der Waals surface area contributed by atoms with Gasteiger partial charge in [-0.25, -0.2) is 18.2 Å². The second kappa shape index (κ2) is 4.87. The van der Waals surface area contributed by atoms with Crippen LogP contribution in [0.15, 0.2) is 29.3 Å². The zero-order valence-electron chi connectivity index (χ0n) is 8.30. The SMILES string of the molecule is CS(=O)(=O)Cc1cccc(CN=C=O)c1. The number of sulfone groups is 1. The molecule has 1 aromatic carbocycles. The van der Waals surface area contributed by atoms with E-state index in [-0.39, 0.29) is 12.3 Å². The van der Waals surface area contributed by atoms with Crippen molar-refractivity contribution in [2.45, 2.75) is 12.3 Å². The molecule has 0 radical (unpaired) electrons. The van der Waals surface area contributed by atoms with E-state index in [4.69, 9.17) is 0 Å². The smallest absolute Gasteiger partial charge is 0.229 e. The summed E-state index contributed by atoms with van der Waals surface area (Å²) in [5.41, 5.74) is 1.51. The van der Waals surface area contributed by atoms with Crippen molar-refractivity contribution in [3.05, 3.63) is 35.4 Å². The summed E-state index contributed by atoms with van der Waals surface area (Å²) < 4.78 is 22.1. The fourth-order valence-electron chi connectivity index (χ4n) is 1.24. The number of benzene rings is 1. The molecule has 0 heterocycles. The van der Waals surface area contributed by atoms with E-state index in [1.54, 1.807) is 24.3 Å². The van der Waals surface area contributed by atoms with Crippen LogP contribution in [-0.4, -0.2) is 20.8 Å². The van der Waals surface area contributed by atoms with Crippen molar-refractivity contribution in [3.8, 4) is 0 Å². The molecule has 4 nitrogen and oxygen atoms in total. The minimum atomic E-state index is -3.02. The number of hydrogen-bond donors (Lipinski definition) is 0. The molecule has 5 heteroatoms. The van der Waals surface area contributed by atoms with Crippen LogP contribution in [-0.2, 0) is 26.9 Å². The van der Waals surface area contributed by atoms with Gasteiger partial charge in [-0.1, -0.05) is 24.3 Å². The Morgan fingerprint density at radius 3 is 2.60 bits per heavy atom. The molecule has 0 aliphatic rings. The van der Waals surface area contributed by atoms with Gasteiger partial charge in [0, 0.05) is 6.26 Å². The van der Waals surface area contributed by atoms with Crippen LogP contribution in [0.2, 0.25) is 0 Å². The van der Waals surface area contributed by atoms with Gasteiger partial charge in [-0.05, 0) is 11.1 Å². The lowest BCUT2D eigenvalue weighted by molar-refractivity contribution is 0.562. The summed E-state index contributed by atoms with van der Waals surface area (Å²) in [6, 6.07) is 6.99. The Morgan fingerprint density at radius 1 is 1.33 bits per heavy atom. The summed E-state index contributed by atoms with van der Waals surface area (Å²) >= 11 is 0. The predicted octanol–water partition coefficient (Wildman–Crippen LogP) is 1.07. The summed E-state index contributed by atoms with van der Waals surface area (Å²) in [7, 11) is -3.02. The molecule has 0 bridgehead atoms. The molecule has 0 amide bonds. The standard InChI is InChI=1S/C10H11NO3S/c1-15(13,14)7-10-4-2-3-9(5-10)6-11-8-12/h2-5H,6-7H2,1H3. The van der Waals surface area contributed by atoms with E-state index in [1.807, 2.05) is 0 Å². The molecule has 0 saturated heterocycles. The lowest BCUT2D eigenvalue weighted by Crippen LogP contribution is -2.00. The van der Waals surface area contributed by atoms with Gasteiger partial charge < -0.3 is 0 Å². The van der Waals surface area contributed by atoms with Gasteiger partial charge >= 0.3 is 0 Å². The maximum Gasteiger partial charge on any atom is 0.235 e. The number of rotatable bonds is 4. The normalized spacial score (nSPS) is 10.7. The van der Waals surface area contributed by atoms with Crippen LogP contribution in [0.25, 0.3) is 0 Å². The second-order valence-electron chi connectivity index (χ2n) is 3.30. The first-order chi connectivity index (χ1) is 7.01. The number of nitrogens with zero attached hydrogens (tertiary/aromatic N) is 1. The van der Waals surface area contributed by atoms with Crippen molar-refractivity contribution in [3.63, 3.8) is 0 Å². The van der Waals surface area contributed by atoms with Gasteiger partial charge in [0.2, 0.25) is 6.08 Å². The Hall–Kier alpha value is -1.45. The Morgan fingerprint density at radius 2 is 2.00 bits per heavy atom. The van der Waals surface area contributed by atoms with Gasteiger partial charge in [0.15, 0.2) is 9.84 Å². The Kier molecular flexibility index (Phi) is 3.77. The van der Waals surface area contributed by atoms with Crippen LogP contribution in [0.5, 0.6) is 0 Å². The molecule has 1 rings (SSSR count). The van der Waals surface area contributed by atoms with Crippen LogP contribution < -0.4 is 0 Å². The van der Waals surface area contributed by atoms with E-state index in [0.29, 0.717) is 5.56 Å². The van der Waals surface area contributed by atoms with E-state index in [9.17, 15) is 13.2 Å². The molecule has 0 aliphatic heterocycles. The monoisotopic (exact) mass is 225 g/mol. The van der Waals surface area contributed by atoms with Crippen molar-refractivity contribution in [2.75, 3.05) is 6.26 Å². The molecule has 15 heavy (non-hydrogen) atoms. The van der Waals surface area contributed by atoms with Gasteiger partial charge in [-0.2, -0.15) is 0 Å². The topological polar surface area (TPSA) is 63.6 Å². The predicted molar refractivity (Wildman–Crippen MR) is 56.8 cm³/mol. The number of hydrogen-bond acceptors (Lipinski definition) is 4. The molecule has 0 saturated carbocycles. The Labute approximate surface area is 88.6 Å². The highest BCUT2D eigenvalue weighted by Gasteiger charge is 2.04. The van der Waals surface area contributed by atoms with Gasteiger partial charge in [0.1, 0.15) is 0 Å². The van der Waals surface area contributed by atoms with Crippen LogP contribution in [0.4, 0.5) is 0 Å². The highest BCUT2D eigenvalue weighted by Crippen LogP contribution is 2.09. The first-order valence-corrected chi connectivity index (χ1v) is 6.36. The van der Waals surface area contributed by atoms with E-state index in [0.717, 1.165) is 5.56 Å². The lowest BCUT2D eigenvalue weighted by Gasteiger charge is -2.01. The third kappa shape index (κ3) is 4.54. The Balaban J connectivity index is 2.87. The molecule has 0 fully saturated rings. The average molecular weight is 225 g/mol. The average Bonchev–Trinajstić information content (AvgIpc) is 2.12. The maximum atomic E-state index is 11.0. The lowest BCUT2D eigenvalue weighted by atomic mass is 10.1. The largest absolute Gasteiger partial charge is 0.235 e. The van der Waals surface area contributed by atoms with Crippen molar-refractivity contribution >= 4 is 15.9 Å². The number of isocyanates is 1. The molecule has 0 N–H and O–H groups in total. The quantitative estimate of drug-likeness (QED) is 0.568. The first-order valence-electron chi connectivity index (χ1n) is 4.30. The molecule has 0 spiro atoms.